The van der Waals surface area contributed by atoms with Gasteiger partial charge in [0.15, 0.2) is 0 Å². The maximum Gasteiger partial charge on any atom is 0.251 e. The van der Waals surface area contributed by atoms with E-state index in [0.717, 1.165) is 11.1 Å². The smallest absolute Gasteiger partial charge is 0.251 e. The van der Waals surface area contributed by atoms with E-state index in [1.54, 1.807) is 25.6 Å². The first-order valence-corrected chi connectivity index (χ1v) is 4.41. The Bertz CT molecular complexity index is 501. The predicted octanol–water partition coefficient (Wildman–Crippen LogP) is 1.43. The Morgan fingerprint density at radius 3 is 3.00 bits per heavy atom. The molecule has 2 aromatic rings. The lowest BCUT2D eigenvalue weighted by Gasteiger charge is -2.03. The molecule has 72 valence electrons. The second-order valence-electron chi connectivity index (χ2n) is 2.97. The zero-order chi connectivity index (χ0) is 10.1. The molecule has 0 spiro atoms. The summed E-state index contributed by atoms with van der Waals surface area (Å²) in [6, 6.07) is 1.39. The SMILES string of the molecule is Cn1cc(-c2cn[nH]c2)c(Cl)cc1=O. The van der Waals surface area contributed by atoms with Crippen LogP contribution in [-0.2, 0) is 7.05 Å². The molecule has 14 heavy (non-hydrogen) atoms. The van der Waals surface area contributed by atoms with Crippen molar-refractivity contribution in [3.63, 3.8) is 0 Å². The van der Waals surface area contributed by atoms with Gasteiger partial charge in [-0.1, -0.05) is 11.6 Å². The maximum absolute atomic E-state index is 11.2. The summed E-state index contributed by atoms with van der Waals surface area (Å²) in [6.45, 7) is 0. The third kappa shape index (κ3) is 1.44. The molecule has 5 heteroatoms. The van der Waals surface area contributed by atoms with Crippen LogP contribution < -0.4 is 5.56 Å². The number of nitrogens with one attached hydrogen (secondary N) is 1. The van der Waals surface area contributed by atoms with Gasteiger partial charge in [0.2, 0.25) is 0 Å². The molecule has 1 N–H and O–H groups in total. The molecule has 0 aliphatic rings. The van der Waals surface area contributed by atoms with Crippen molar-refractivity contribution in [1.29, 1.82) is 0 Å². The van der Waals surface area contributed by atoms with Crippen LogP contribution >= 0.6 is 11.6 Å². The van der Waals surface area contributed by atoms with Gasteiger partial charge in [-0.2, -0.15) is 5.10 Å². The first-order chi connectivity index (χ1) is 6.68. The molecule has 0 radical (unpaired) electrons. The zero-order valence-corrected chi connectivity index (χ0v) is 8.25. The van der Waals surface area contributed by atoms with Crippen LogP contribution in [0.5, 0.6) is 0 Å². The van der Waals surface area contributed by atoms with Gasteiger partial charge >= 0.3 is 0 Å². The minimum atomic E-state index is -0.123. The third-order valence-electron chi connectivity index (χ3n) is 1.99. The molecular weight excluding hydrogens is 202 g/mol. The Balaban J connectivity index is 2.66. The summed E-state index contributed by atoms with van der Waals surface area (Å²) in [5, 5.41) is 6.95. The van der Waals surface area contributed by atoms with Gasteiger partial charge < -0.3 is 4.57 Å². The summed E-state index contributed by atoms with van der Waals surface area (Å²) in [5.41, 5.74) is 1.54. The van der Waals surface area contributed by atoms with Gasteiger partial charge in [0.1, 0.15) is 0 Å². The van der Waals surface area contributed by atoms with E-state index in [0.29, 0.717) is 5.02 Å². The van der Waals surface area contributed by atoms with E-state index in [-0.39, 0.29) is 5.56 Å². The molecule has 0 unspecified atom stereocenters. The lowest BCUT2D eigenvalue weighted by molar-refractivity contribution is 0.862. The fourth-order valence-corrected chi connectivity index (χ4v) is 1.47. The van der Waals surface area contributed by atoms with Crippen molar-refractivity contribution in [3.05, 3.63) is 40.0 Å². The fraction of sp³-hybridized carbons (Fsp3) is 0.111. The van der Waals surface area contributed by atoms with Crippen molar-refractivity contribution in [2.45, 2.75) is 0 Å². The van der Waals surface area contributed by atoms with Crippen LogP contribution in [0.3, 0.4) is 0 Å². The molecule has 4 nitrogen and oxygen atoms in total. The number of aromatic amines is 1. The summed E-state index contributed by atoms with van der Waals surface area (Å²) in [4.78, 5) is 11.2. The summed E-state index contributed by atoms with van der Waals surface area (Å²) in [6.07, 6.45) is 5.08. The number of H-pyrrole nitrogens is 1. The lowest BCUT2D eigenvalue weighted by atomic mass is 10.2. The Morgan fingerprint density at radius 1 is 1.57 bits per heavy atom. The fourth-order valence-electron chi connectivity index (χ4n) is 1.22. The van der Waals surface area contributed by atoms with Crippen molar-refractivity contribution in [1.82, 2.24) is 14.8 Å². The molecule has 0 aromatic carbocycles. The van der Waals surface area contributed by atoms with Gasteiger partial charge in [0.05, 0.1) is 11.2 Å². The van der Waals surface area contributed by atoms with Crippen molar-refractivity contribution in [2.24, 2.45) is 7.05 Å². The van der Waals surface area contributed by atoms with Gasteiger partial charge in [-0.15, -0.1) is 0 Å². The first kappa shape index (κ1) is 9.02. The normalized spacial score (nSPS) is 10.4. The maximum atomic E-state index is 11.2. The Morgan fingerprint density at radius 2 is 2.36 bits per heavy atom. The van der Waals surface area contributed by atoms with Gasteiger partial charge in [-0.25, -0.2) is 0 Å². The van der Waals surface area contributed by atoms with Crippen molar-refractivity contribution in [3.8, 4) is 11.1 Å². The summed E-state index contributed by atoms with van der Waals surface area (Å²) in [7, 11) is 1.68. The lowest BCUT2D eigenvalue weighted by Crippen LogP contribution is -2.14. The van der Waals surface area contributed by atoms with E-state index in [9.17, 15) is 4.79 Å². The standard InChI is InChI=1S/C9H8ClN3O/c1-13-5-7(6-3-11-12-4-6)8(10)2-9(13)14/h2-5H,1H3,(H,11,12). The van der Waals surface area contributed by atoms with E-state index in [2.05, 4.69) is 10.2 Å². The molecule has 0 saturated carbocycles. The highest BCUT2D eigenvalue weighted by Crippen LogP contribution is 2.24. The third-order valence-corrected chi connectivity index (χ3v) is 2.30. The minimum Gasteiger partial charge on any atom is -0.318 e. The number of pyridine rings is 1. The second-order valence-corrected chi connectivity index (χ2v) is 3.38. The van der Waals surface area contributed by atoms with Crippen LogP contribution in [0.2, 0.25) is 5.02 Å². The summed E-state index contributed by atoms with van der Waals surface area (Å²) < 4.78 is 1.48. The highest BCUT2D eigenvalue weighted by atomic mass is 35.5. The Labute approximate surface area is 85.1 Å². The van der Waals surface area contributed by atoms with Crippen molar-refractivity contribution < 1.29 is 0 Å². The molecule has 2 rings (SSSR count). The van der Waals surface area contributed by atoms with Crippen LogP contribution in [-0.4, -0.2) is 14.8 Å². The summed E-state index contributed by atoms with van der Waals surface area (Å²) in [5.74, 6) is 0. The second kappa shape index (κ2) is 3.31. The van der Waals surface area contributed by atoms with Crippen molar-refractivity contribution >= 4 is 11.6 Å². The van der Waals surface area contributed by atoms with Crippen molar-refractivity contribution in [2.75, 3.05) is 0 Å². The molecule has 0 aliphatic carbocycles. The molecule has 0 bridgehead atoms. The Kier molecular flexibility index (Phi) is 2.13. The molecule has 2 aromatic heterocycles. The Hall–Kier alpha value is -1.55. The van der Waals surface area contributed by atoms with Gasteiger partial charge in [0.25, 0.3) is 5.56 Å². The number of aryl methyl sites for hydroxylation is 1. The minimum absolute atomic E-state index is 0.123. The molecule has 2 heterocycles. The van der Waals surface area contributed by atoms with Crippen LogP contribution in [0.25, 0.3) is 11.1 Å². The topological polar surface area (TPSA) is 50.7 Å². The number of hydrogen-bond donors (Lipinski definition) is 1. The van der Waals surface area contributed by atoms with Crippen LogP contribution in [0.4, 0.5) is 0 Å². The number of aromatic nitrogens is 3. The van der Waals surface area contributed by atoms with E-state index in [4.69, 9.17) is 11.6 Å². The van der Waals surface area contributed by atoms with E-state index >= 15 is 0 Å². The summed E-state index contributed by atoms with van der Waals surface area (Å²) >= 11 is 5.94. The highest BCUT2D eigenvalue weighted by Gasteiger charge is 2.06. The first-order valence-electron chi connectivity index (χ1n) is 4.04. The van der Waals surface area contributed by atoms with E-state index < -0.39 is 0 Å². The van der Waals surface area contributed by atoms with E-state index in [1.807, 2.05) is 0 Å². The molecule has 0 aliphatic heterocycles. The van der Waals surface area contributed by atoms with Crippen LogP contribution in [0.15, 0.2) is 29.5 Å². The number of nitrogens with zero attached hydrogens (tertiary/aromatic N) is 2. The number of hydrogen-bond acceptors (Lipinski definition) is 2. The van der Waals surface area contributed by atoms with Gasteiger partial charge in [0, 0.05) is 36.6 Å². The number of halogens is 1. The zero-order valence-electron chi connectivity index (χ0n) is 7.49. The molecule has 0 fully saturated rings. The largest absolute Gasteiger partial charge is 0.318 e. The molecule has 0 atom stereocenters. The predicted molar refractivity (Wildman–Crippen MR) is 54.3 cm³/mol. The van der Waals surface area contributed by atoms with Gasteiger partial charge in [-0.3, -0.25) is 9.89 Å². The monoisotopic (exact) mass is 209 g/mol. The average Bonchev–Trinajstić information content (AvgIpc) is 2.64. The molecule has 0 amide bonds. The molecular formula is C9H8ClN3O. The van der Waals surface area contributed by atoms with E-state index in [1.165, 1.54) is 10.6 Å². The molecule has 0 saturated heterocycles. The average molecular weight is 210 g/mol. The quantitative estimate of drug-likeness (QED) is 0.773. The van der Waals surface area contributed by atoms with Crippen LogP contribution in [0, 0.1) is 0 Å². The van der Waals surface area contributed by atoms with Gasteiger partial charge in [-0.05, 0) is 0 Å². The number of rotatable bonds is 1. The van der Waals surface area contributed by atoms with Crippen LogP contribution in [0.1, 0.15) is 0 Å². The highest BCUT2D eigenvalue weighted by molar-refractivity contribution is 6.33.